The normalized spacial score (nSPS) is 10.6. The summed E-state index contributed by atoms with van der Waals surface area (Å²) < 4.78 is 0. The second-order valence-electron chi connectivity index (χ2n) is 3.95. The lowest BCUT2D eigenvalue weighted by molar-refractivity contribution is 0.0714. The molecule has 0 atom stereocenters. The Balaban J connectivity index is 3.05. The van der Waals surface area contributed by atoms with Crippen LogP contribution in [0.1, 0.15) is 24.2 Å². The Morgan fingerprint density at radius 2 is 2.06 bits per heavy atom. The second-order valence-corrected chi connectivity index (χ2v) is 4.33. The SMILES string of the molecule is CC(C)N(CCCl)C(=O)c1cccc(O)c1O. The zero-order chi connectivity index (χ0) is 13.0. The molecule has 0 aliphatic heterocycles. The second kappa shape index (κ2) is 5.77. The quantitative estimate of drug-likeness (QED) is 0.642. The number of benzene rings is 1. The summed E-state index contributed by atoms with van der Waals surface area (Å²) in [6.45, 7) is 4.13. The molecule has 1 amide bonds. The lowest BCUT2D eigenvalue weighted by Crippen LogP contribution is -2.38. The van der Waals surface area contributed by atoms with Gasteiger partial charge >= 0.3 is 0 Å². The first-order valence-electron chi connectivity index (χ1n) is 5.37. The van der Waals surface area contributed by atoms with E-state index in [0.29, 0.717) is 12.4 Å². The average molecular weight is 258 g/mol. The molecule has 0 radical (unpaired) electrons. The van der Waals surface area contributed by atoms with Gasteiger partial charge in [-0.3, -0.25) is 4.79 Å². The highest BCUT2D eigenvalue weighted by Crippen LogP contribution is 2.29. The van der Waals surface area contributed by atoms with Gasteiger partial charge in [-0.05, 0) is 26.0 Å². The molecule has 0 spiro atoms. The molecule has 0 saturated carbocycles. The third-order valence-corrected chi connectivity index (χ3v) is 2.62. The topological polar surface area (TPSA) is 60.8 Å². The van der Waals surface area contributed by atoms with Crippen LogP contribution in [0.25, 0.3) is 0 Å². The van der Waals surface area contributed by atoms with Gasteiger partial charge in [0.05, 0.1) is 5.56 Å². The van der Waals surface area contributed by atoms with Crippen molar-refractivity contribution in [2.45, 2.75) is 19.9 Å². The Kier molecular flexibility index (Phi) is 4.63. The van der Waals surface area contributed by atoms with E-state index in [2.05, 4.69) is 0 Å². The molecule has 0 bridgehead atoms. The number of halogens is 1. The molecule has 0 aliphatic carbocycles. The summed E-state index contributed by atoms with van der Waals surface area (Å²) in [4.78, 5) is 13.7. The Bertz CT molecular complexity index is 407. The molecule has 17 heavy (non-hydrogen) atoms. The first-order valence-corrected chi connectivity index (χ1v) is 5.90. The number of para-hydroxylation sites is 1. The molecule has 0 aromatic heterocycles. The number of hydrogen-bond acceptors (Lipinski definition) is 3. The van der Waals surface area contributed by atoms with Crippen molar-refractivity contribution in [1.29, 1.82) is 0 Å². The summed E-state index contributed by atoms with van der Waals surface area (Å²) in [5.41, 5.74) is 0.0869. The summed E-state index contributed by atoms with van der Waals surface area (Å²) in [7, 11) is 0. The number of carbonyl (C=O) groups excluding carboxylic acids is 1. The van der Waals surface area contributed by atoms with E-state index in [1.165, 1.54) is 18.2 Å². The van der Waals surface area contributed by atoms with E-state index in [0.717, 1.165) is 0 Å². The predicted octanol–water partition coefficient (Wildman–Crippen LogP) is 2.19. The van der Waals surface area contributed by atoms with Crippen LogP contribution in [0.15, 0.2) is 18.2 Å². The molecule has 94 valence electrons. The molecule has 5 heteroatoms. The van der Waals surface area contributed by atoms with Gasteiger partial charge in [-0.1, -0.05) is 6.07 Å². The molecule has 0 aliphatic rings. The fourth-order valence-corrected chi connectivity index (χ4v) is 1.73. The first kappa shape index (κ1) is 13.6. The predicted molar refractivity (Wildman–Crippen MR) is 66.7 cm³/mol. The van der Waals surface area contributed by atoms with E-state index >= 15 is 0 Å². The minimum absolute atomic E-state index is 0.0250. The van der Waals surface area contributed by atoms with Crippen LogP contribution < -0.4 is 0 Å². The molecule has 0 heterocycles. The van der Waals surface area contributed by atoms with Crippen LogP contribution >= 0.6 is 11.6 Å². The number of phenolic OH excluding ortho intramolecular Hbond substituents is 2. The lowest BCUT2D eigenvalue weighted by Gasteiger charge is -2.26. The van der Waals surface area contributed by atoms with Crippen LogP contribution in [0, 0.1) is 0 Å². The third kappa shape index (κ3) is 3.03. The van der Waals surface area contributed by atoms with E-state index < -0.39 is 5.75 Å². The van der Waals surface area contributed by atoms with Crippen LogP contribution in [-0.2, 0) is 0 Å². The highest BCUT2D eigenvalue weighted by molar-refractivity contribution is 6.18. The van der Waals surface area contributed by atoms with Crippen molar-refractivity contribution in [3.8, 4) is 11.5 Å². The Labute approximate surface area is 105 Å². The Hall–Kier alpha value is -1.42. The maximum Gasteiger partial charge on any atom is 0.258 e. The van der Waals surface area contributed by atoms with Gasteiger partial charge in [0.1, 0.15) is 0 Å². The van der Waals surface area contributed by atoms with Gasteiger partial charge in [-0.15, -0.1) is 11.6 Å². The van der Waals surface area contributed by atoms with Gasteiger partial charge in [-0.2, -0.15) is 0 Å². The zero-order valence-corrected chi connectivity index (χ0v) is 10.6. The molecule has 0 fully saturated rings. The van der Waals surface area contributed by atoms with Crippen molar-refractivity contribution in [1.82, 2.24) is 4.90 Å². The molecule has 0 saturated heterocycles. The minimum atomic E-state index is -0.391. The fourth-order valence-electron chi connectivity index (χ4n) is 1.54. The minimum Gasteiger partial charge on any atom is -0.504 e. The lowest BCUT2D eigenvalue weighted by atomic mass is 10.1. The van der Waals surface area contributed by atoms with Crippen molar-refractivity contribution in [2.75, 3.05) is 12.4 Å². The number of amides is 1. The van der Waals surface area contributed by atoms with Crippen LogP contribution in [0.2, 0.25) is 0 Å². The van der Waals surface area contributed by atoms with Gasteiger partial charge in [0.25, 0.3) is 5.91 Å². The summed E-state index contributed by atoms with van der Waals surface area (Å²) >= 11 is 5.64. The Morgan fingerprint density at radius 3 is 2.59 bits per heavy atom. The van der Waals surface area contributed by atoms with E-state index in [4.69, 9.17) is 11.6 Å². The maximum atomic E-state index is 12.1. The van der Waals surface area contributed by atoms with Crippen molar-refractivity contribution in [3.05, 3.63) is 23.8 Å². The molecule has 1 aromatic rings. The number of aromatic hydroxyl groups is 2. The van der Waals surface area contributed by atoms with E-state index in [-0.39, 0.29) is 23.3 Å². The summed E-state index contributed by atoms with van der Waals surface area (Å²) in [6, 6.07) is 4.29. The van der Waals surface area contributed by atoms with Crippen LogP contribution in [-0.4, -0.2) is 39.5 Å². The van der Waals surface area contributed by atoms with Gasteiger partial charge in [0.15, 0.2) is 11.5 Å². The van der Waals surface area contributed by atoms with Gasteiger partial charge < -0.3 is 15.1 Å². The number of alkyl halides is 1. The fraction of sp³-hybridized carbons (Fsp3) is 0.417. The van der Waals surface area contributed by atoms with Crippen molar-refractivity contribution in [3.63, 3.8) is 0 Å². The summed E-state index contributed by atoms with van der Waals surface area (Å²) in [5.74, 6) is -0.707. The standard InChI is InChI=1S/C12H16ClNO3/c1-8(2)14(7-6-13)12(17)9-4-3-5-10(15)11(9)16/h3-5,8,15-16H,6-7H2,1-2H3. The molecule has 2 N–H and O–H groups in total. The monoisotopic (exact) mass is 257 g/mol. The van der Waals surface area contributed by atoms with Crippen LogP contribution in [0.3, 0.4) is 0 Å². The van der Waals surface area contributed by atoms with E-state index in [9.17, 15) is 15.0 Å². The highest BCUT2D eigenvalue weighted by atomic mass is 35.5. The average Bonchev–Trinajstić information content (AvgIpc) is 2.28. The Morgan fingerprint density at radius 1 is 1.41 bits per heavy atom. The number of rotatable bonds is 4. The van der Waals surface area contributed by atoms with Crippen LogP contribution in [0.4, 0.5) is 0 Å². The number of carbonyl (C=O) groups is 1. The largest absolute Gasteiger partial charge is 0.504 e. The number of hydrogen-bond donors (Lipinski definition) is 2. The van der Waals surface area contributed by atoms with Gasteiger partial charge in [0.2, 0.25) is 0 Å². The molecule has 1 rings (SSSR count). The van der Waals surface area contributed by atoms with Crippen molar-refractivity contribution >= 4 is 17.5 Å². The number of phenols is 2. The third-order valence-electron chi connectivity index (χ3n) is 2.45. The molecule has 4 nitrogen and oxygen atoms in total. The molecular weight excluding hydrogens is 242 g/mol. The van der Waals surface area contributed by atoms with E-state index in [1.54, 1.807) is 4.90 Å². The zero-order valence-electron chi connectivity index (χ0n) is 9.85. The number of nitrogens with zero attached hydrogens (tertiary/aromatic N) is 1. The van der Waals surface area contributed by atoms with Crippen molar-refractivity contribution < 1.29 is 15.0 Å². The first-order chi connectivity index (χ1) is 7.99. The molecule has 1 aromatic carbocycles. The summed E-state index contributed by atoms with van der Waals surface area (Å²) in [5, 5.41) is 19.0. The highest BCUT2D eigenvalue weighted by Gasteiger charge is 2.22. The smallest absolute Gasteiger partial charge is 0.258 e. The molecule has 0 unspecified atom stereocenters. The van der Waals surface area contributed by atoms with Crippen LogP contribution in [0.5, 0.6) is 11.5 Å². The maximum absolute atomic E-state index is 12.1. The summed E-state index contributed by atoms with van der Waals surface area (Å²) in [6.07, 6.45) is 0. The van der Waals surface area contributed by atoms with Gasteiger partial charge in [-0.25, -0.2) is 0 Å². The van der Waals surface area contributed by atoms with Crippen molar-refractivity contribution in [2.24, 2.45) is 0 Å². The molecular formula is C12H16ClNO3. The van der Waals surface area contributed by atoms with Gasteiger partial charge in [0, 0.05) is 18.5 Å². The van der Waals surface area contributed by atoms with E-state index in [1.807, 2.05) is 13.8 Å².